The minimum Gasteiger partial charge on any atom is -0.171 e. The molecule has 20 heavy (non-hydrogen) atoms. The molecule has 100 valence electrons. The van der Waals surface area contributed by atoms with Crippen molar-refractivity contribution in [1.29, 1.82) is 0 Å². The second kappa shape index (κ2) is 4.73. The number of hydrogen-bond acceptors (Lipinski definition) is 5. The van der Waals surface area contributed by atoms with Gasteiger partial charge in [0.2, 0.25) is 0 Å². The fraction of sp³-hybridized carbons (Fsp3) is 0.143. The van der Waals surface area contributed by atoms with E-state index >= 15 is 0 Å². The predicted molar refractivity (Wildman–Crippen MR) is 92.0 cm³/mol. The van der Waals surface area contributed by atoms with Gasteiger partial charge in [0.25, 0.3) is 0 Å². The molecule has 2 nitrogen and oxygen atoms in total. The van der Waals surface area contributed by atoms with Crippen LogP contribution in [0.3, 0.4) is 0 Å². The van der Waals surface area contributed by atoms with Crippen molar-refractivity contribution in [3.8, 4) is 19.5 Å². The summed E-state index contributed by atoms with van der Waals surface area (Å²) < 4.78 is 9.02. The molecule has 0 saturated carbocycles. The molecule has 4 rings (SSSR count). The molecule has 0 atom stereocenters. The molecule has 0 N–H and O–H groups in total. The summed E-state index contributed by atoms with van der Waals surface area (Å²) >= 11 is 6.77. The first-order valence-corrected chi connectivity index (χ1v) is 9.29. The zero-order valence-electron chi connectivity index (χ0n) is 10.8. The van der Waals surface area contributed by atoms with Crippen LogP contribution in [-0.4, -0.2) is 0 Å². The molecule has 0 aliphatic carbocycles. The van der Waals surface area contributed by atoms with E-state index in [1.54, 1.807) is 0 Å². The third-order valence-corrected chi connectivity index (χ3v) is 7.11. The monoisotopic (exact) mass is 334 g/mol. The van der Waals surface area contributed by atoms with Crippen molar-refractivity contribution in [2.75, 3.05) is 0 Å². The van der Waals surface area contributed by atoms with Crippen LogP contribution in [0.2, 0.25) is 0 Å². The Morgan fingerprint density at radius 1 is 0.700 bits per heavy atom. The highest BCUT2D eigenvalue weighted by Gasteiger charge is 2.23. The van der Waals surface area contributed by atoms with Gasteiger partial charge in [0.05, 0.1) is 21.1 Å². The molecule has 0 spiro atoms. The zero-order chi connectivity index (χ0) is 13.7. The van der Waals surface area contributed by atoms with Crippen LogP contribution in [0.15, 0.2) is 33.0 Å². The van der Waals surface area contributed by atoms with Crippen molar-refractivity contribution in [3.05, 3.63) is 34.0 Å². The Bertz CT molecular complexity index is 808. The van der Waals surface area contributed by atoms with E-state index in [9.17, 15) is 0 Å². The third-order valence-electron chi connectivity index (χ3n) is 3.05. The molecule has 6 heteroatoms. The number of nitrogens with zero attached hydrogens (tertiary/aromatic N) is 2. The summed E-state index contributed by atoms with van der Waals surface area (Å²) in [6, 6.07) is 8.71. The van der Waals surface area contributed by atoms with E-state index in [1.807, 2.05) is 34.0 Å². The molecule has 1 aliphatic rings. The van der Waals surface area contributed by atoms with Gasteiger partial charge in [0.1, 0.15) is 11.4 Å². The fourth-order valence-electron chi connectivity index (χ4n) is 2.13. The first-order valence-electron chi connectivity index (χ1n) is 6.11. The molecule has 0 fully saturated rings. The summed E-state index contributed by atoms with van der Waals surface area (Å²) in [7, 11) is 0. The molecule has 1 aliphatic heterocycles. The highest BCUT2D eigenvalue weighted by atomic mass is 32.1. The molecule has 0 unspecified atom stereocenters. The van der Waals surface area contributed by atoms with Gasteiger partial charge in [0.15, 0.2) is 0 Å². The highest BCUT2D eigenvalue weighted by molar-refractivity contribution is 7.58. The molecule has 0 radical (unpaired) electrons. The van der Waals surface area contributed by atoms with Crippen LogP contribution in [0.1, 0.15) is 9.75 Å². The van der Waals surface area contributed by atoms with Gasteiger partial charge in [-0.1, -0.05) is 0 Å². The van der Waals surface area contributed by atoms with E-state index < -0.39 is 0 Å². The van der Waals surface area contributed by atoms with Crippen LogP contribution >= 0.6 is 34.0 Å². The molecular weight excluding hydrogens is 324 g/mol. The average Bonchev–Trinajstić information content (AvgIpc) is 3.12. The molecule has 4 heterocycles. The number of thiophene rings is 3. The topological polar surface area (TPSA) is 24.7 Å². The largest absolute Gasteiger partial charge is 0.171 e. The number of rotatable bonds is 2. The lowest BCUT2D eigenvalue weighted by Crippen LogP contribution is -1.61. The molecular formula is C14H10N2S4. The Morgan fingerprint density at radius 2 is 1.20 bits per heavy atom. The van der Waals surface area contributed by atoms with Crippen LogP contribution in [0.5, 0.6) is 0 Å². The van der Waals surface area contributed by atoms with Crippen molar-refractivity contribution in [1.82, 2.24) is 0 Å². The smallest absolute Gasteiger partial charge is 0.124 e. The molecule has 0 aromatic carbocycles. The van der Waals surface area contributed by atoms with E-state index in [0.29, 0.717) is 0 Å². The van der Waals surface area contributed by atoms with Gasteiger partial charge in [-0.25, -0.2) is 0 Å². The van der Waals surface area contributed by atoms with Crippen LogP contribution in [0, 0.1) is 13.8 Å². The summed E-state index contributed by atoms with van der Waals surface area (Å²) in [5.74, 6) is 0. The van der Waals surface area contributed by atoms with Crippen LogP contribution < -0.4 is 0 Å². The van der Waals surface area contributed by atoms with Crippen molar-refractivity contribution in [3.63, 3.8) is 0 Å². The normalized spacial score (nSPS) is 12.7. The lowest BCUT2D eigenvalue weighted by molar-refractivity contribution is 1.62. The maximum absolute atomic E-state index is 4.51. The second-order valence-electron chi connectivity index (χ2n) is 4.54. The van der Waals surface area contributed by atoms with Gasteiger partial charge < -0.3 is 0 Å². The molecule has 3 aromatic heterocycles. The van der Waals surface area contributed by atoms with E-state index in [4.69, 9.17) is 0 Å². The molecule has 3 aromatic rings. The second-order valence-corrected chi connectivity index (χ2v) is 8.67. The van der Waals surface area contributed by atoms with Crippen molar-refractivity contribution in [2.45, 2.75) is 13.8 Å². The minimum absolute atomic E-state index is 1.06. The standard InChI is InChI=1S/C14H10N2S4/c1-7-3-5-9(17-7)13-11-12(16-20-15-11)14(19-13)10-6-4-8(2)18-10/h3-6H,1-2H3. The summed E-state index contributed by atoms with van der Waals surface area (Å²) in [6.07, 6.45) is 0. The summed E-state index contributed by atoms with van der Waals surface area (Å²) in [4.78, 5) is 7.77. The minimum atomic E-state index is 1.06. The Hall–Kier alpha value is -1.08. The van der Waals surface area contributed by atoms with Crippen molar-refractivity contribution in [2.24, 2.45) is 8.73 Å². The summed E-state index contributed by atoms with van der Waals surface area (Å²) in [5.41, 5.74) is 2.12. The zero-order valence-corrected chi connectivity index (χ0v) is 14.1. The number of fused-ring (bicyclic) bond motifs is 1. The van der Waals surface area contributed by atoms with Gasteiger partial charge >= 0.3 is 0 Å². The van der Waals surface area contributed by atoms with Gasteiger partial charge in [0, 0.05) is 19.5 Å². The molecule has 0 bridgehead atoms. The van der Waals surface area contributed by atoms with Gasteiger partial charge in [-0.05, 0) is 38.1 Å². The average molecular weight is 335 g/mol. The predicted octanol–water partition coefficient (Wildman–Crippen LogP) is 6.55. The third kappa shape index (κ3) is 1.95. The van der Waals surface area contributed by atoms with Crippen LogP contribution in [0.25, 0.3) is 19.5 Å². The highest BCUT2D eigenvalue weighted by Crippen LogP contribution is 2.55. The maximum atomic E-state index is 4.51. The van der Waals surface area contributed by atoms with Gasteiger partial charge in [-0.15, -0.1) is 34.0 Å². The van der Waals surface area contributed by atoms with Crippen molar-refractivity contribution < 1.29 is 0 Å². The Labute approximate surface area is 132 Å². The van der Waals surface area contributed by atoms with E-state index in [0.717, 1.165) is 11.4 Å². The maximum Gasteiger partial charge on any atom is 0.124 e. The summed E-state index contributed by atoms with van der Waals surface area (Å²) in [6.45, 7) is 4.28. The number of aryl methyl sites for hydroxylation is 2. The van der Waals surface area contributed by atoms with Crippen LogP contribution in [0.4, 0.5) is 11.4 Å². The Balaban J connectivity index is 1.93. The Kier molecular flexibility index (Phi) is 2.99. The quantitative estimate of drug-likeness (QED) is 0.397. The SMILES string of the molecule is Cc1ccc(-c2sc(-c3ccc(C)s3)c3c2N=S=N3)s1. The lowest BCUT2D eigenvalue weighted by Gasteiger charge is -1.91. The summed E-state index contributed by atoms with van der Waals surface area (Å²) in [5, 5.41) is 0. The molecule has 0 amide bonds. The number of hydrogen-bond donors (Lipinski definition) is 0. The Morgan fingerprint density at radius 3 is 1.60 bits per heavy atom. The first-order chi connectivity index (χ1) is 9.72. The van der Waals surface area contributed by atoms with Crippen LogP contribution in [-0.2, 0) is 11.4 Å². The first kappa shape index (κ1) is 12.6. The van der Waals surface area contributed by atoms with Gasteiger partial charge in [-0.2, -0.15) is 8.73 Å². The van der Waals surface area contributed by atoms with Crippen molar-refractivity contribution >= 4 is 56.7 Å². The van der Waals surface area contributed by atoms with E-state index in [2.05, 4.69) is 46.8 Å². The molecule has 0 saturated heterocycles. The van der Waals surface area contributed by atoms with Gasteiger partial charge in [-0.3, -0.25) is 0 Å². The fourth-order valence-corrected chi connectivity index (χ4v) is 5.94. The van der Waals surface area contributed by atoms with E-state index in [1.165, 1.54) is 40.6 Å². The van der Waals surface area contributed by atoms with E-state index in [-0.39, 0.29) is 0 Å². The lowest BCUT2D eigenvalue weighted by atomic mass is 10.2.